The van der Waals surface area contributed by atoms with Crippen LogP contribution >= 0.6 is 11.6 Å². The molecule has 5 rings (SSSR count). The molecule has 0 bridgehead atoms. The van der Waals surface area contributed by atoms with E-state index in [4.69, 9.17) is 16.7 Å². The first-order valence-corrected chi connectivity index (χ1v) is 11.6. The zero-order chi connectivity index (χ0) is 24.0. The van der Waals surface area contributed by atoms with Gasteiger partial charge < -0.3 is 12.0 Å². The Labute approximate surface area is 238 Å². The molecule has 35 heavy (non-hydrogen) atoms. The number of rotatable bonds is 3. The predicted molar refractivity (Wildman–Crippen MR) is 144 cm³/mol. The van der Waals surface area contributed by atoms with Crippen molar-refractivity contribution in [3.63, 3.8) is 0 Å². The number of hydrogen-bond acceptors (Lipinski definition) is 3. The second-order valence-corrected chi connectivity index (χ2v) is 7.23. The van der Waals surface area contributed by atoms with E-state index in [0.29, 0.717) is 16.8 Å². The number of aryl methyl sites for hydroxylation is 2. The molecule has 0 atom stereocenters. The minimum atomic E-state index is 0. The third kappa shape index (κ3) is 6.25. The molecule has 2 aromatic carbocycles. The van der Waals surface area contributed by atoms with E-state index < -0.39 is 0 Å². The van der Waals surface area contributed by atoms with Crippen molar-refractivity contribution in [1.29, 1.82) is 0 Å². The maximum atomic E-state index is 6.71. The summed E-state index contributed by atoms with van der Waals surface area (Å²) >= 11 is 6.71. The van der Waals surface area contributed by atoms with Crippen LogP contribution in [-0.4, -0.2) is 24.1 Å². The molecule has 0 saturated carbocycles. The van der Waals surface area contributed by atoms with Gasteiger partial charge in [-0.2, -0.15) is 29.8 Å². The van der Waals surface area contributed by atoms with Gasteiger partial charge in [0.1, 0.15) is 5.52 Å². The molecular weight excluding hydrogens is 680 g/mol. The van der Waals surface area contributed by atoms with Gasteiger partial charge in [-0.05, 0) is 11.1 Å². The Morgan fingerprint density at radius 1 is 0.943 bits per heavy atom. The van der Waals surface area contributed by atoms with E-state index >= 15 is 0 Å². The SMILES string of the molecule is CC.CC.Cc1[c-]cccc1-c1cn2nc(-c3nccn3C)nc(Cl)c2c1-c1ccccc1.[CH3-].[U+2]. The third-order valence-electron chi connectivity index (χ3n) is 5.03. The number of fused-ring (bicyclic) bond motifs is 1. The summed E-state index contributed by atoms with van der Waals surface area (Å²) in [6, 6.07) is 19.5. The molecule has 0 radical (unpaired) electrons. The Kier molecular flexibility index (Phi) is 12.5. The summed E-state index contributed by atoms with van der Waals surface area (Å²) in [6.45, 7) is 10.1. The topological polar surface area (TPSA) is 48.0 Å². The maximum Gasteiger partial charge on any atom is 2.00 e. The van der Waals surface area contributed by atoms with Gasteiger partial charge in [-0.3, -0.25) is 0 Å². The predicted octanol–water partition coefficient (Wildman–Crippen LogP) is 7.73. The molecule has 0 fully saturated rings. The summed E-state index contributed by atoms with van der Waals surface area (Å²) in [5.74, 6) is 1.14. The third-order valence-corrected chi connectivity index (χ3v) is 5.29. The number of imidazole rings is 1. The molecule has 5 aromatic rings. The standard InChI is InChI=1S/C23H17ClN5.2C2H6.CH3.U/c1-15-8-6-7-11-17(15)18-14-29-20(19(18)16-9-4-3-5-10-16)21(24)26-22(27-29)23-25-12-13-28(23)2;2*1-2;;/h3-7,9-14H,1-2H3;2*1-2H3;1H3;/q-1;;;-1;+2. The molecule has 0 saturated heterocycles. The molecule has 0 aliphatic carbocycles. The molecule has 0 aliphatic rings. The molecule has 180 valence electrons. The summed E-state index contributed by atoms with van der Waals surface area (Å²) in [5, 5.41) is 5.12. The first kappa shape index (κ1) is 30.6. The summed E-state index contributed by atoms with van der Waals surface area (Å²) in [5.41, 5.74) is 6.03. The molecular formula is C28H32ClN5U. The number of halogens is 1. The number of hydrogen-bond donors (Lipinski definition) is 0. The van der Waals surface area contributed by atoms with Crippen LogP contribution < -0.4 is 0 Å². The second kappa shape index (κ2) is 14.2. The number of benzene rings is 2. The van der Waals surface area contributed by atoms with E-state index in [9.17, 15) is 0 Å². The van der Waals surface area contributed by atoms with Gasteiger partial charge in [0, 0.05) is 31.2 Å². The van der Waals surface area contributed by atoms with Crippen molar-refractivity contribution < 1.29 is 31.1 Å². The largest absolute Gasteiger partial charge is 2.00 e. The van der Waals surface area contributed by atoms with Crippen LogP contribution in [0.4, 0.5) is 0 Å². The molecule has 0 spiro atoms. The fourth-order valence-electron chi connectivity index (χ4n) is 3.63. The van der Waals surface area contributed by atoms with E-state index in [1.807, 2.05) is 86.6 Å². The molecule has 0 N–H and O–H groups in total. The fourth-order valence-corrected chi connectivity index (χ4v) is 3.89. The van der Waals surface area contributed by atoms with Crippen molar-refractivity contribution in [1.82, 2.24) is 24.1 Å². The minimum Gasteiger partial charge on any atom is -0.358 e. The molecule has 5 nitrogen and oxygen atoms in total. The molecule has 0 unspecified atom stereocenters. The van der Waals surface area contributed by atoms with E-state index in [2.05, 4.69) is 41.2 Å². The quantitative estimate of drug-likeness (QED) is 0.180. The van der Waals surface area contributed by atoms with E-state index in [1.54, 1.807) is 6.20 Å². The van der Waals surface area contributed by atoms with Gasteiger partial charge in [0.25, 0.3) is 0 Å². The van der Waals surface area contributed by atoms with Gasteiger partial charge >= 0.3 is 31.1 Å². The van der Waals surface area contributed by atoms with Crippen LogP contribution in [0.1, 0.15) is 33.3 Å². The summed E-state index contributed by atoms with van der Waals surface area (Å²) in [6.07, 6.45) is 5.58. The Balaban J connectivity index is 0.000000973. The average Bonchev–Trinajstić information content (AvgIpc) is 3.46. The first-order chi connectivity index (χ1) is 16.1. The smallest absolute Gasteiger partial charge is 0.358 e. The van der Waals surface area contributed by atoms with E-state index in [1.165, 1.54) is 0 Å². The Hall–Kier alpha value is -2.39. The van der Waals surface area contributed by atoms with Crippen molar-refractivity contribution in [2.75, 3.05) is 0 Å². The molecule has 3 aromatic heterocycles. The van der Waals surface area contributed by atoms with Crippen molar-refractivity contribution >= 4 is 17.1 Å². The summed E-state index contributed by atoms with van der Waals surface area (Å²) in [7, 11) is 1.91. The first-order valence-electron chi connectivity index (χ1n) is 11.2. The zero-order valence-corrected chi connectivity index (χ0v) is 26.4. The van der Waals surface area contributed by atoms with Crippen molar-refractivity contribution in [2.24, 2.45) is 7.05 Å². The van der Waals surface area contributed by atoms with Crippen molar-refractivity contribution in [3.05, 3.63) is 91.3 Å². The van der Waals surface area contributed by atoms with E-state index in [-0.39, 0.29) is 38.5 Å². The van der Waals surface area contributed by atoms with Crippen LogP contribution in [0.25, 0.3) is 39.4 Å². The van der Waals surface area contributed by atoms with Gasteiger partial charge in [0.05, 0.1) is 0 Å². The molecule has 0 aliphatic heterocycles. The van der Waals surface area contributed by atoms with Crippen molar-refractivity contribution in [3.8, 4) is 33.9 Å². The fraction of sp³-hybridized carbons (Fsp3) is 0.214. The molecule has 3 heterocycles. The Morgan fingerprint density at radius 2 is 1.63 bits per heavy atom. The van der Waals surface area contributed by atoms with Gasteiger partial charge in [-0.25, -0.2) is 14.5 Å². The number of aromatic nitrogens is 5. The normalized spacial score (nSPS) is 9.69. The van der Waals surface area contributed by atoms with Gasteiger partial charge in [-0.1, -0.05) is 76.6 Å². The van der Waals surface area contributed by atoms with Crippen LogP contribution in [0.5, 0.6) is 0 Å². The Bertz CT molecular complexity index is 1340. The van der Waals surface area contributed by atoms with Gasteiger partial charge in [-0.15, -0.1) is 10.7 Å². The van der Waals surface area contributed by atoms with Crippen molar-refractivity contribution in [2.45, 2.75) is 34.6 Å². The molecule has 7 heteroatoms. The average molecular weight is 712 g/mol. The Morgan fingerprint density at radius 3 is 2.23 bits per heavy atom. The number of nitrogens with zero attached hydrogens (tertiary/aromatic N) is 5. The van der Waals surface area contributed by atoms with Crippen LogP contribution in [0, 0.1) is 51.5 Å². The van der Waals surface area contributed by atoms with Crippen LogP contribution in [0.15, 0.2) is 67.1 Å². The molecule has 0 amide bonds. The maximum absolute atomic E-state index is 6.71. The second-order valence-electron chi connectivity index (χ2n) is 6.87. The summed E-state index contributed by atoms with van der Waals surface area (Å²) < 4.78 is 3.68. The van der Waals surface area contributed by atoms with Crippen LogP contribution in [0.2, 0.25) is 5.15 Å². The van der Waals surface area contributed by atoms with E-state index in [0.717, 1.165) is 33.3 Å². The zero-order valence-electron chi connectivity index (χ0n) is 21.5. The monoisotopic (exact) mass is 711 g/mol. The van der Waals surface area contributed by atoms with Gasteiger partial charge in [0.2, 0.25) is 5.82 Å². The summed E-state index contributed by atoms with van der Waals surface area (Å²) in [4.78, 5) is 8.92. The van der Waals surface area contributed by atoms with Gasteiger partial charge in [0.15, 0.2) is 11.0 Å². The minimum absolute atomic E-state index is 0. The van der Waals surface area contributed by atoms with Crippen LogP contribution in [-0.2, 0) is 7.05 Å². The van der Waals surface area contributed by atoms with Crippen LogP contribution in [0.3, 0.4) is 0 Å².